The summed E-state index contributed by atoms with van der Waals surface area (Å²) in [6.07, 6.45) is 3.52. The Bertz CT molecular complexity index is 1090. The zero-order valence-electron chi connectivity index (χ0n) is 19.3. The van der Waals surface area contributed by atoms with Crippen molar-refractivity contribution in [3.8, 4) is 17.1 Å². The first kappa shape index (κ1) is 24.3. The van der Waals surface area contributed by atoms with Crippen LogP contribution in [0.5, 0.6) is 5.75 Å². The molecule has 0 amide bonds. The van der Waals surface area contributed by atoms with Crippen LogP contribution < -0.4 is 10.3 Å². The van der Waals surface area contributed by atoms with E-state index >= 15 is 0 Å². The summed E-state index contributed by atoms with van der Waals surface area (Å²) in [6, 6.07) is 5.91. The highest BCUT2D eigenvalue weighted by Crippen LogP contribution is 2.33. The molecule has 0 saturated heterocycles. The summed E-state index contributed by atoms with van der Waals surface area (Å²) in [5, 5.41) is 14.1. The van der Waals surface area contributed by atoms with Gasteiger partial charge < -0.3 is 14.8 Å². The zero-order valence-corrected chi connectivity index (χ0v) is 20.2. The number of aliphatic hydroxyl groups is 1. The van der Waals surface area contributed by atoms with Gasteiger partial charge in [-0.2, -0.15) is 0 Å². The van der Waals surface area contributed by atoms with E-state index in [-0.39, 0.29) is 12.2 Å². The van der Waals surface area contributed by atoms with Gasteiger partial charge in [0.1, 0.15) is 11.6 Å². The molecular formula is C23H33N5O3S. The molecule has 0 atom stereocenters. The van der Waals surface area contributed by atoms with E-state index < -0.39 is 0 Å². The first-order valence-electron chi connectivity index (χ1n) is 11.3. The SMILES string of the molecule is CCCOc1ccc(SN(CCC)CCO)cc1-c1nn2c(CCC)nc(C)c2c(=O)[nH]1. The average molecular weight is 460 g/mol. The van der Waals surface area contributed by atoms with E-state index in [9.17, 15) is 9.90 Å². The number of aryl methyl sites for hydroxylation is 2. The lowest BCUT2D eigenvalue weighted by Gasteiger charge is -2.20. The van der Waals surface area contributed by atoms with Gasteiger partial charge >= 0.3 is 0 Å². The Hall–Kier alpha value is -2.36. The largest absolute Gasteiger partial charge is 0.493 e. The van der Waals surface area contributed by atoms with Crippen molar-refractivity contribution in [1.29, 1.82) is 0 Å². The number of benzene rings is 1. The Morgan fingerprint density at radius 2 is 2.00 bits per heavy atom. The molecular weight excluding hydrogens is 426 g/mol. The molecule has 2 N–H and O–H groups in total. The fraction of sp³-hybridized carbons (Fsp3) is 0.522. The van der Waals surface area contributed by atoms with E-state index in [1.165, 1.54) is 0 Å². The van der Waals surface area contributed by atoms with Crippen LogP contribution in [0.25, 0.3) is 16.9 Å². The molecule has 174 valence electrons. The summed E-state index contributed by atoms with van der Waals surface area (Å²) < 4.78 is 9.78. The minimum absolute atomic E-state index is 0.100. The summed E-state index contributed by atoms with van der Waals surface area (Å²) in [5.74, 6) is 1.91. The molecule has 0 radical (unpaired) electrons. The number of H-pyrrole nitrogens is 1. The summed E-state index contributed by atoms with van der Waals surface area (Å²) >= 11 is 1.58. The number of hydrogen-bond donors (Lipinski definition) is 2. The van der Waals surface area contributed by atoms with E-state index in [4.69, 9.17) is 9.84 Å². The van der Waals surface area contributed by atoms with Crippen molar-refractivity contribution in [3.63, 3.8) is 0 Å². The fourth-order valence-electron chi connectivity index (χ4n) is 3.54. The summed E-state index contributed by atoms with van der Waals surface area (Å²) in [5.41, 5.74) is 1.68. The number of aromatic nitrogens is 4. The van der Waals surface area contributed by atoms with E-state index in [2.05, 4.69) is 35.0 Å². The van der Waals surface area contributed by atoms with E-state index in [0.29, 0.717) is 35.9 Å². The normalized spacial score (nSPS) is 11.6. The van der Waals surface area contributed by atoms with Gasteiger partial charge in [0.15, 0.2) is 11.3 Å². The van der Waals surface area contributed by atoms with Crippen molar-refractivity contribution in [2.24, 2.45) is 0 Å². The Morgan fingerprint density at radius 3 is 2.69 bits per heavy atom. The highest BCUT2D eigenvalue weighted by Gasteiger charge is 2.18. The molecule has 0 unspecified atom stereocenters. The Labute approximate surface area is 193 Å². The van der Waals surface area contributed by atoms with Crippen LogP contribution in [-0.4, -0.2) is 55.3 Å². The van der Waals surface area contributed by atoms with Gasteiger partial charge in [-0.3, -0.25) is 4.79 Å². The van der Waals surface area contributed by atoms with Crippen LogP contribution in [-0.2, 0) is 6.42 Å². The van der Waals surface area contributed by atoms with Crippen LogP contribution in [0.3, 0.4) is 0 Å². The third kappa shape index (κ3) is 5.51. The number of aliphatic hydroxyl groups excluding tert-OH is 1. The first-order chi connectivity index (χ1) is 15.5. The molecule has 0 bridgehead atoms. The number of rotatable bonds is 12. The molecule has 2 aromatic heterocycles. The van der Waals surface area contributed by atoms with Crippen molar-refractivity contribution in [3.05, 3.63) is 40.1 Å². The first-order valence-corrected chi connectivity index (χ1v) is 12.1. The van der Waals surface area contributed by atoms with E-state index in [1.807, 2.05) is 25.1 Å². The molecule has 0 aliphatic carbocycles. The number of fused-ring (bicyclic) bond motifs is 1. The highest BCUT2D eigenvalue weighted by molar-refractivity contribution is 7.97. The maximum Gasteiger partial charge on any atom is 0.277 e. The molecule has 0 aliphatic rings. The van der Waals surface area contributed by atoms with Crippen molar-refractivity contribution >= 4 is 17.5 Å². The Kier molecular flexibility index (Phi) is 8.72. The molecule has 1 aromatic carbocycles. The molecule has 8 nitrogen and oxygen atoms in total. The monoisotopic (exact) mass is 459 g/mol. The molecule has 3 aromatic rings. The topological polar surface area (TPSA) is 95.8 Å². The van der Waals surface area contributed by atoms with Crippen molar-refractivity contribution < 1.29 is 9.84 Å². The maximum atomic E-state index is 12.9. The molecule has 0 fully saturated rings. The van der Waals surface area contributed by atoms with E-state index in [0.717, 1.165) is 48.5 Å². The van der Waals surface area contributed by atoms with Gasteiger partial charge in [-0.25, -0.2) is 13.8 Å². The van der Waals surface area contributed by atoms with Crippen LogP contribution in [0.15, 0.2) is 27.9 Å². The smallest absolute Gasteiger partial charge is 0.277 e. The van der Waals surface area contributed by atoms with Crippen molar-refractivity contribution in [2.75, 3.05) is 26.3 Å². The molecule has 0 spiro atoms. The lowest BCUT2D eigenvalue weighted by Crippen LogP contribution is -2.20. The minimum Gasteiger partial charge on any atom is -0.493 e. The average Bonchev–Trinajstić information content (AvgIpc) is 3.09. The second kappa shape index (κ2) is 11.5. The molecule has 32 heavy (non-hydrogen) atoms. The van der Waals surface area contributed by atoms with E-state index in [1.54, 1.807) is 16.5 Å². The summed E-state index contributed by atoms with van der Waals surface area (Å²) in [7, 11) is 0. The van der Waals surface area contributed by atoms with Crippen molar-refractivity contribution in [1.82, 2.24) is 23.9 Å². The maximum absolute atomic E-state index is 12.9. The highest BCUT2D eigenvalue weighted by atomic mass is 32.2. The third-order valence-corrected chi connectivity index (χ3v) is 6.03. The predicted octanol–water partition coefficient (Wildman–Crippen LogP) is 3.85. The predicted molar refractivity (Wildman–Crippen MR) is 128 cm³/mol. The lowest BCUT2D eigenvalue weighted by atomic mass is 10.2. The zero-order chi connectivity index (χ0) is 23.1. The molecule has 9 heteroatoms. The van der Waals surface area contributed by atoms with Gasteiger partial charge in [0, 0.05) is 24.4 Å². The third-order valence-electron chi connectivity index (χ3n) is 4.94. The van der Waals surface area contributed by atoms with Crippen LogP contribution in [0.1, 0.15) is 51.6 Å². The van der Waals surface area contributed by atoms with Crippen LogP contribution in [0.4, 0.5) is 0 Å². The molecule has 2 heterocycles. The number of ether oxygens (including phenoxy) is 1. The lowest BCUT2D eigenvalue weighted by molar-refractivity contribution is 0.262. The number of hydrogen-bond acceptors (Lipinski definition) is 7. The van der Waals surface area contributed by atoms with Gasteiger partial charge in [-0.05, 0) is 56.3 Å². The molecule has 3 rings (SSSR count). The molecule has 0 aliphatic heterocycles. The van der Waals surface area contributed by atoms with Crippen LogP contribution in [0.2, 0.25) is 0 Å². The van der Waals surface area contributed by atoms with Crippen LogP contribution >= 0.6 is 11.9 Å². The van der Waals surface area contributed by atoms with Gasteiger partial charge in [0.2, 0.25) is 0 Å². The second-order valence-electron chi connectivity index (χ2n) is 7.68. The summed E-state index contributed by atoms with van der Waals surface area (Å²) in [6.45, 7) is 10.2. The van der Waals surface area contributed by atoms with Gasteiger partial charge in [-0.1, -0.05) is 20.8 Å². The number of aromatic amines is 1. The van der Waals surface area contributed by atoms with Gasteiger partial charge in [-0.15, -0.1) is 5.10 Å². The Balaban J connectivity index is 2.10. The van der Waals surface area contributed by atoms with Gasteiger partial charge in [0.05, 0.1) is 24.5 Å². The van der Waals surface area contributed by atoms with Crippen molar-refractivity contribution in [2.45, 2.75) is 58.3 Å². The minimum atomic E-state index is -0.213. The van der Waals surface area contributed by atoms with Gasteiger partial charge in [0.25, 0.3) is 5.56 Å². The number of imidazole rings is 1. The Morgan fingerprint density at radius 1 is 1.19 bits per heavy atom. The number of nitrogens with zero attached hydrogens (tertiary/aromatic N) is 4. The summed E-state index contributed by atoms with van der Waals surface area (Å²) in [4.78, 5) is 21.4. The second-order valence-corrected chi connectivity index (χ2v) is 8.85. The van der Waals surface area contributed by atoms with Crippen LogP contribution in [0, 0.1) is 6.92 Å². The standard InChI is InChI=1S/C23H33N5O3S/c1-5-8-20-24-16(4)21-23(30)25-22(26-28(20)21)18-15-17(9-10-19(18)31-14-7-3)32-27(11-6-2)12-13-29/h9-10,15,29H,5-8,11-14H2,1-4H3,(H,25,26,30). The number of nitrogens with one attached hydrogen (secondary N) is 1. The molecule has 0 saturated carbocycles. The fourth-order valence-corrected chi connectivity index (χ4v) is 4.59. The quantitative estimate of drug-likeness (QED) is 0.397.